The Labute approximate surface area is 169 Å². The Morgan fingerprint density at radius 3 is 2.52 bits per heavy atom. The maximum Gasteiger partial charge on any atom is 0.573 e. The third-order valence-electron chi connectivity index (χ3n) is 4.31. The number of aryl methyl sites for hydroxylation is 2. The molecule has 0 bridgehead atoms. The molecular weight excluding hydrogens is 405 g/mol. The van der Waals surface area contributed by atoms with E-state index in [4.69, 9.17) is 0 Å². The van der Waals surface area contributed by atoms with E-state index in [2.05, 4.69) is 14.9 Å². The second-order valence-corrected chi connectivity index (χ2v) is 7.22. The number of ether oxygens (including phenoxy) is 1. The number of carbonyl (C=O) groups excluding carboxylic acids is 1. The minimum atomic E-state index is -4.74. The van der Waals surface area contributed by atoms with E-state index < -0.39 is 6.36 Å². The molecule has 6 nitrogen and oxygen atoms in total. The molecule has 2 heterocycles. The summed E-state index contributed by atoms with van der Waals surface area (Å²) in [6.07, 6.45) is -3.12. The first-order valence-corrected chi connectivity index (χ1v) is 9.77. The molecule has 154 valence electrons. The molecule has 0 aliphatic rings. The number of carbonyl (C=O) groups is 1. The smallest absolute Gasteiger partial charge is 0.406 e. The van der Waals surface area contributed by atoms with E-state index in [0.29, 0.717) is 23.0 Å². The summed E-state index contributed by atoms with van der Waals surface area (Å²) in [6, 6.07) is 7.32. The summed E-state index contributed by atoms with van der Waals surface area (Å²) in [6.45, 7) is 6.32. The topological polar surface area (TPSA) is 61.9 Å². The molecule has 0 saturated heterocycles. The molecule has 0 atom stereocenters. The Balaban J connectivity index is 1.78. The molecule has 0 unspecified atom stereocenters. The number of rotatable bonds is 7. The van der Waals surface area contributed by atoms with Gasteiger partial charge in [-0.15, -0.1) is 23.4 Å². The molecule has 0 amide bonds. The highest BCUT2D eigenvalue weighted by molar-refractivity contribution is 7.99. The van der Waals surface area contributed by atoms with Crippen LogP contribution in [0.3, 0.4) is 0 Å². The summed E-state index contributed by atoms with van der Waals surface area (Å²) in [5.74, 6) is -0.144. The summed E-state index contributed by atoms with van der Waals surface area (Å²) in [5, 5.41) is 8.53. The van der Waals surface area contributed by atoms with Crippen molar-refractivity contribution >= 4 is 17.5 Å². The van der Waals surface area contributed by atoms with Gasteiger partial charge in [-0.3, -0.25) is 4.79 Å². The molecule has 2 aromatic heterocycles. The second-order valence-electron chi connectivity index (χ2n) is 6.27. The van der Waals surface area contributed by atoms with Crippen LogP contribution in [-0.4, -0.2) is 37.2 Å². The van der Waals surface area contributed by atoms with Gasteiger partial charge in [0, 0.05) is 29.2 Å². The van der Waals surface area contributed by atoms with Crippen LogP contribution in [0.4, 0.5) is 13.2 Å². The van der Waals surface area contributed by atoms with E-state index in [1.807, 2.05) is 23.0 Å². The maximum atomic E-state index is 12.7. The highest BCUT2D eigenvalue weighted by atomic mass is 32.2. The van der Waals surface area contributed by atoms with Crippen molar-refractivity contribution in [2.24, 2.45) is 0 Å². The lowest BCUT2D eigenvalue weighted by Crippen LogP contribution is -2.17. The molecule has 29 heavy (non-hydrogen) atoms. The Bertz CT molecular complexity index is 1010. The number of aromatic nitrogens is 4. The van der Waals surface area contributed by atoms with E-state index in [1.165, 1.54) is 36.0 Å². The van der Waals surface area contributed by atoms with Gasteiger partial charge in [-0.2, -0.15) is 0 Å². The number of ketones is 1. The normalized spacial score (nSPS) is 11.7. The van der Waals surface area contributed by atoms with Gasteiger partial charge in [-0.25, -0.2) is 0 Å². The first-order valence-electron chi connectivity index (χ1n) is 8.78. The SMILES string of the molecule is CCn1cnnc1SCC(=O)c1cc(C)n(-c2ccc(OC(F)(F)F)cc2)c1C. The zero-order valence-electron chi connectivity index (χ0n) is 16.0. The fourth-order valence-electron chi connectivity index (χ4n) is 3.02. The van der Waals surface area contributed by atoms with Crippen molar-refractivity contribution in [2.75, 3.05) is 5.75 Å². The average Bonchev–Trinajstić information content (AvgIpc) is 3.23. The largest absolute Gasteiger partial charge is 0.573 e. The van der Waals surface area contributed by atoms with Gasteiger partial charge in [-0.1, -0.05) is 11.8 Å². The lowest BCUT2D eigenvalue weighted by atomic mass is 10.2. The second kappa shape index (κ2) is 8.32. The molecule has 0 radical (unpaired) electrons. The van der Waals surface area contributed by atoms with Gasteiger partial charge in [0.1, 0.15) is 12.1 Å². The van der Waals surface area contributed by atoms with Crippen molar-refractivity contribution in [2.45, 2.75) is 38.8 Å². The van der Waals surface area contributed by atoms with E-state index in [0.717, 1.165) is 11.4 Å². The standard InChI is InChI=1S/C19H19F3N4O2S/c1-4-25-11-23-24-18(25)29-10-17(27)16-9-12(2)26(13(16)3)14-5-7-15(8-6-14)28-19(20,21)22/h5-9,11H,4,10H2,1-3H3. The van der Waals surface area contributed by atoms with Crippen molar-refractivity contribution < 1.29 is 22.7 Å². The van der Waals surface area contributed by atoms with Crippen LogP contribution in [0.5, 0.6) is 5.75 Å². The first kappa shape index (κ1) is 21.0. The molecule has 3 aromatic rings. The molecule has 3 rings (SSSR count). The number of nitrogens with zero attached hydrogens (tertiary/aromatic N) is 4. The lowest BCUT2D eigenvalue weighted by Gasteiger charge is -2.12. The number of thioether (sulfide) groups is 1. The Morgan fingerprint density at radius 1 is 1.21 bits per heavy atom. The molecule has 0 N–H and O–H groups in total. The zero-order chi connectivity index (χ0) is 21.2. The maximum absolute atomic E-state index is 12.7. The van der Waals surface area contributed by atoms with Crippen LogP contribution in [-0.2, 0) is 6.54 Å². The monoisotopic (exact) mass is 424 g/mol. The van der Waals surface area contributed by atoms with E-state index >= 15 is 0 Å². The third-order valence-corrected chi connectivity index (χ3v) is 5.29. The summed E-state index contributed by atoms with van der Waals surface area (Å²) in [5.41, 5.74) is 2.73. The number of benzene rings is 1. The van der Waals surface area contributed by atoms with Gasteiger partial charge >= 0.3 is 6.36 Å². The summed E-state index contributed by atoms with van der Waals surface area (Å²) in [4.78, 5) is 12.7. The predicted octanol–water partition coefficient (Wildman–Crippen LogP) is 4.58. The fraction of sp³-hybridized carbons (Fsp3) is 0.316. The van der Waals surface area contributed by atoms with E-state index in [1.54, 1.807) is 19.3 Å². The Morgan fingerprint density at radius 2 is 1.90 bits per heavy atom. The van der Waals surface area contributed by atoms with Crippen molar-refractivity contribution in [1.82, 2.24) is 19.3 Å². The minimum Gasteiger partial charge on any atom is -0.406 e. The van der Waals surface area contributed by atoms with Gasteiger partial charge in [0.15, 0.2) is 10.9 Å². The van der Waals surface area contributed by atoms with Crippen molar-refractivity contribution in [3.05, 3.63) is 53.6 Å². The highest BCUT2D eigenvalue weighted by Crippen LogP contribution is 2.27. The summed E-state index contributed by atoms with van der Waals surface area (Å²) in [7, 11) is 0. The third kappa shape index (κ3) is 4.81. The fourth-order valence-corrected chi connectivity index (χ4v) is 3.88. The van der Waals surface area contributed by atoms with Crippen LogP contribution >= 0.6 is 11.8 Å². The van der Waals surface area contributed by atoms with Crippen LogP contribution in [0, 0.1) is 13.8 Å². The highest BCUT2D eigenvalue weighted by Gasteiger charge is 2.31. The van der Waals surface area contributed by atoms with Gasteiger partial charge in [0.05, 0.1) is 5.75 Å². The molecule has 0 aliphatic carbocycles. The van der Waals surface area contributed by atoms with Crippen LogP contribution in [0.15, 0.2) is 41.8 Å². The van der Waals surface area contributed by atoms with Crippen LogP contribution in [0.1, 0.15) is 28.7 Å². The molecule has 1 aromatic carbocycles. The lowest BCUT2D eigenvalue weighted by molar-refractivity contribution is -0.274. The van der Waals surface area contributed by atoms with Gasteiger partial charge in [0.2, 0.25) is 0 Å². The van der Waals surface area contributed by atoms with Crippen molar-refractivity contribution in [3.63, 3.8) is 0 Å². The first-order chi connectivity index (χ1) is 13.7. The van der Waals surface area contributed by atoms with Gasteiger partial charge in [0.25, 0.3) is 0 Å². The number of alkyl halides is 3. The zero-order valence-corrected chi connectivity index (χ0v) is 16.8. The average molecular weight is 424 g/mol. The number of halogens is 3. The molecule has 0 spiro atoms. The van der Waals surface area contributed by atoms with Gasteiger partial charge in [-0.05, 0) is 51.1 Å². The van der Waals surface area contributed by atoms with Crippen molar-refractivity contribution in [1.29, 1.82) is 0 Å². The Kier molecular flexibility index (Phi) is 6.02. The van der Waals surface area contributed by atoms with Gasteiger partial charge < -0.3 is 13.9 Å². The van der Waals surface area contributed by atoms with Crippen LogP contribution in [0.25, 0.3) is 5.69 Å². The molecular formula is C19H19F3N4O2S. The number of hydrogen-bond acceptors (Lipinski definition) is 5. The Hall–Kier alpha value is -2.75. The quantitative estimate of drug-likeness (QED) is 0.410. The molecule has 0 aliphatic heterocycles. The van der Waals surface area contributed by atoms with Crippen LogP contribution < -0.4 is 4.74 Å². The summed E-state index contributed by atoms with van der Waals surface area (Å²) < 4.78 is 44.6. The minimum absolute atomic E-state index is 0.0583. The van der Waals surface area contributed by atoms with Crippen molar-refractivity contribution in [3.8, 4) is 11.4 Å². The predicted molar refractivity (Wildman–Crippen MR) is 103 cm³/mol. The molecule has 10 heteroatoms. The summed E-state index contributed by atoms with van der Waals surface area (Å²) >= 11 is 1.32. The van der Waals surface area contributed by atoms with E-state index in [9.17, 15) is 18.0 Å². The van der Waals surface area contributed by atoms with E-state index in [-0.39, 0.29) is 17.3 Å². The number of hydrogen-bond donors (Lipinski definition) is 0. The number of Topliss-reactive ketones (excluding diaryl/α,β-unsaturated/α-hetero) is 1. The molecule has 0 fully saturated rings. The molecule has 0 saturated carbocycles. The van der Waals surface area contributed by atoms with Crippen LogP contribution in [0.2, 0.25) is 0 Å².